The Hall–Kier alpha value is -1.68. The van der Waals surface area contributed by atoms with Gasteiger partial charge in [-0.25, -0.2) is 0 Å². The van der Waals surface area contributed by atoms with Gasteiger partial charge < -0.3 is 5.11 Å². The molecule has 1 aromatic carbocycles. The summed E-state index contributed by atoms with van der Waals surface area (Å²) < 4.78 is 0. The maximum atomic E-state index is 11.0. The van der Waals surface area contributed by atoms with E-state index in [4.69, 9.17) is 5.11 Å². The lowest BCUT2D eigenvalue weighted by atomic mass is 10.1. The molecule has 0 spiro atoms. The van der Waals surface area contributed by atoms with Crippen molar-refractivity contribution in [2.45, 2.75) is 32.4 Å². The van der Waals surface area contributed by atoms with E-state index in [1.165, 1.54) is 6.92 Å². The molecule has 0 heterocycles. The quantitative estimate of drug-likeness (QED) is 0.788. The van der Waals surface area contributed by atoms with Crippen LogP contribution in [0.15, 0.2) is 30.3 Å². The van der Waals surface area contributed by atoms with Gasteiger partial charge in [0.15, 0.2) is 0 Å². The van der Waals surface area contributed by atoms with Gasteiger partial charge in [0.2, 0.25) is 0 Å². The summed E-state index contributed by atoms with van der Waals surface area (Å²) in [4.78, 5) is 22.0. The first kappa shape index (κ1) is 13.4. The van der Waals surface area contributed by atoms with E-state index in [-0.39, 0.29) is 18.2 Å². The van der Waals surface area contributed by atoms with Crippen molar-refractivity contribution < 1.29 is 14.7 Å². The zero-order chi connectivity index (χ0) is 12.8. The zero-order valence-electron chi connectivity index (χ0n) is 10.0. The van der Waals surface area contributed by atoms with Gasteiger partial charge in [-0.3, -0.25) is 14.9 Å². The average molecular weight is 235 g/mol. The molecule has 1 aromatic rings. The van der Waals surface area contributed by atoms with E-state index in [1.54, 1.807) is 0 Å². The van der Waals surface area contributed by atoms with E-state index in [0.29, 0.717) is 0 Å². The average Bonchev–Trinajstić information content (AvgIpc) is 2.28. The minimum absolute atomic E-state index is 0.00646. The van der Waals surface area contributed by atoms with Crippen LogP contribution in [0.3, 0.4) is 0 Å². The largest absolute Gasteiger partial charge is 0.480 e. The molecule has 1 rings (SSSR count). The molecule has 92 valence electrons. The van der Waals surface area contributed by atoms with Crippen LogP contribution in [0.2, 0.25) is 0 Å². The number of carboxylic acid groups (broad SMARTS) is 1. The molecular weight excluding hydrogens is 218 g/mol. The Bertz CT molecular complexity index is 389. The first-order valence-corrected chi connectivity index (χ1v) is 5.54. The molecule has 0 saturated heterocycles. The molecule has 17 heavy (non-hydrogen) atoms. The third-order valence-electron chi connectivity index (χ3n) is 2.54. The van der Waals surface area contributed by atoms with Crippen molar-refractivity contribution in [2.75, 3.05) is 0 Å². The third-order valence-corrected chi connectivity index (χ3v) is 2.54. The smallest absolute Gasteiger partial charge is 0.321 e. The molecule has 0 radical (unpaired) electrons. The standard InChI is InChI=1S/C13H17NO3/c1-9(15)8-12(13(16)17)14-10(2)11-6-4-3-5-7-11/h3-7,10,12,14H,8H2,1-2H3,(H,16,17)/t10-,12+/m0/s1. The summed E-state index contributed by atoms with van der Waals surface area (Å²) in [6.45, 7) is 3.27. The number of nitrogens with one attached hydrogen (secondary N) is 1. The van der Waals surface area contributed by atoms with E-state index >= 15 is 0 Å². The predicted molar refractivity (Wildman–Crippen MR) is 64.7 cm³/mol. The minimum atomic E-state index is -0.997. The highest BCUT2D eigenvalue weighted by molar-refractivity contribution is 5.84. The second-order valence-corrected chi connectivity index (χ2v) is 4.10. The van der Waals surface area contributed by atoms with Crippen molar-refractivity contribution >= 4 is 11.8 Å². The summed E-state index contributed by atoms with van der Waals surface area (Å²) in [5, 5.41) is 11.9. The fourth-order valence-electron chi connectivity index (χ4n) is 1.64. The van der Waals surface area contributed by atoms with Crippen LogP contribution < -0.4 is 5.32 Å². The summed E-state index contributed by atoms with van der Waals surface area (Å²) in [7, 11) is 0. The SMILES string of the molecule is CC(=O)C[C@@H](N[C@@H](C)c1ccccc1)C(=O)O. The molecule has 4 heteroatoms. The number of Topliss-reactive ketones (excluding diaryl/α,β-unsaturated/α-hetero) is 1. The van der Waals surface area contributed by atoms with Crippen molar-refractivity contribution in [3.63, 3.8) is 0 Å². The number of aliphatic carboxylic acids is 1. The molecule has 2 atom stereocenters. The number of carboxylic acids is 1. The lowest BCUT2D eigenvalue weighted by Crippen LogP contribution is -2.39. The Labute approximate surface area is 101 Å². The highest BCUT2D eigenvalue weighted by atomic mass is 16.4. The summed E-state index contributed by atoms with van der Waals surface area (Å²) in [6.07, 6.45) is 0.00646. The van der Waals surface area contributed by atoms with Gasteiger partial charge in [-0.15, -0.1) is 0 Å². The predicted octanol–water partition coefficient (Wildman–Crippen LogP) is 1.77. The van der Waals surface area contributed by atoms with Crippen molar-refractivity contribution in [1.29, 1.82) is 0 Å². The van der Waals surface area contributed by atoms with Crippen molar-refractivity contribution in [2.24, 2.45) is 0 Å². The lowest BCUT2D eigenvalue weighted by molar-refractivity contribution is -0.141. The highest BCUT2D eigenvalue weighted by Gasteiger charge is 2.21. The summed E-state index contributed by atoms with van der Waals surface area (Å²) >= 11 is 0. The van der Waals surface area contributed by atoms with E-state index in [0.717, 1.165) is 5.56 Å². The van der Waals surface area contributed by atoms with Crippen molar-refractivity contribution in [1.82, 2.24) is 5.32 Å². The third kappa shape index (κ3) is 4.36. The summed E-state index contributed by atoms with van der Waals surface area (Å²) in [6, 6.07) is 8.61. The van der Waals surface area contributed by atoms with E-state index in [2.05, 4.69) is 5.32 Å². The van der Waals surface area contributed by atoms with Crippen molar-refractivity contribution in [3.8, 4) is 0 Å². The Morgan fingerprint density at radius 3 is 2.35 bits per heavy atom. The fraction of sp³-hybridized carbons (Fsp3) is 0.385. The van der Waals surface area contributed by atoms with Crippen LogP contribution in [0, 0.1) is 0 Å². The first-order valence-electron chi connectivity index (χ1n) is 5.54. The maximum Gasteiger partial charge on any atom is 0.321 e. The number of rotatable bonds is 6. The molecule has 0 bridgehead atoms. The fourth-order valence-corrected chi connectivity index (χ4v) is 1.64. The number of hydrogen-bond donors (Lipinski definition) is 2. The molecule has 2 N–H and O–H groups in total. The van der Waals surface area contributed by atoms with E-state index < -0.39 is 12.0 Å². The maximum absolute atomic E-state index is 11.0. The molecule has 4 nitrogen and oxygen atoms in total. The molecule has 0 saturated carbocycles. The van der Waals surface area contributed by atoms with Crippen LogP contribution in [0.5, 0.6) is 0 Å². The molecular formula is C13H17NO3. The van der Waals surface area contributed by atoms with E-state index in [9.17, 15) is 9.59 Å². The Balaban J connectivity index is 2.67. The Kier molecular flexibility index (Phi) is 4.84. The normalized spacial score (nSPS) is 14.0. The molecule has 0 amide bonds. The van der Waals surface area contributed by atoms with Crippen LogP contribution in [0.4, 0.5) is 0 Å². The minimum Gasteiger partial charge on any atom is -0.480 e. The summed E-state index contributed by atoms with van der Waals surface area (Å²) in [5.41, 5.74) is 1.00. The Morgan fingerprint density at radius 2 is 1.88 bits per heavy atom. The summed E-state index contributed by atoms with van der Waals surface area (Å²) in [5.74, 6) is -1.13. The molecule has 0 fully saturated rings. The van der Waals surface area contributed by atoms with E-state index in [1.807, 2.05) is 37.3 Å². The van der Waals surface area contributed by atoms with Gasteiger partial charge in [0, 0.05) is 12.5 Å². The van der Waals surface area contributed by atoms with Gasteiger partial charge in [-0.05, 0) is 19.4 Å². The topological polar surface area (TPSA) is 66.4 Å². The van der Waals surface area contributed by atoms with Gasteiger partial charge in [-0.2, -0.15) is 0 Å². The number of ketones is 1. The second kappa shape index (κ2) is 6.15. The van der Waals surface area contributed by atoms with Crippen LogP contribution in [0.25, 0.3) is 0 Å². The second-order valence-electron chi connectivity index (χ2n) is 4.10. The molecule has 0 aliphatic carbocycles. The lowest BCUT2D eigenvalue weighted by Gasteiger charge is -2.19. The van der Waals surface area contributed by atoms with Gasteiger partial charge in [0.1, 0.15) is 11.8 Å². The zero-order valence-corrected chi connectivity index (χ0v) is 10.0. The highest BCUT2D eigenvalue weighted by Crippen LogP contribution is 2.13. The molecule has 0 aromatic heterocycles. The van der Waals surface area contributed by atoms with Crippen molar-refractivity contribution in [3.05, 3.63) is 35.9 Å². The number of carbonyl (C=O) groups is 2. The number of benzene rings is 1. The van der Waals surface area contributed by atoms with Crippen LogP contribution in [0.1, 0.15) is 31.9 Å². The van der Waals surface area contributed by atoms with Gasteiger partial charge >= 0.3 is 5.97 Å². The van der Waals surface area contributed by atoms with Crippen LogP contribution in [-0.4, -0.2) is 22.9 Å². The van der Waals surface area contributed by atoms with Gasteiger partial charge in [-0.1, -0.05) is 30.3 Å². The van der Waals surface area contributed by atoms with Gasteiger partial charge in [0.05, 0.1) is 0 Å². The van der Waals surface area contributed by atoms with Crippen LogP contribution >= 0.6 is 0 Å². The van der Waals surface area contributed by atoms with Crippen LogP contribution in [-0.2, 0) is 9.59 Å². The molecule has 0 unspecified atom stereocenters. The number of carbonyl (C=O) groups excluding carboxylic acids is 1. The van der Waals surface area contributed by atoms with Gasteiger partial charge in [0.25, 0.3) is 0 Å². The number of hydrogen-bond acceptors (Lipinski definition) is 3. The monoisotopic (exact) mass is 235 g/mol. The Morgan fingerprint density at radius 1 is 1.29 bits per heavy atom. The first-order chi connectivity index (χ1) is 8.00. The molecule has 0 aliphatic rings. The molecule has 0 aliphatic heterocycles.